The number of hydrogen-bond donors (Lipinski definition) is 2. The number of guanidine groups is 1. The molecule has 0 amide bonds. The molecule has 0 aromatic rings. The van der Waals surface area contributed by atoms with E-state index in [0.29, 0.717) is 6.04 Å². The van der Waals surface area contributed by atoms with E-state index in [4.69, 9.17) is 0 Å². The third-order valence-electron chi connectivity index (χ3n) is 4.05. The summed E-state index contributed by atoms with van der Waals surface area (Å²) in [4.78, 5) is 4.23. The maximum atomic E-state index is 4.23. The van der Waals surface area contributed by atoms with E-state index in [1.165, 1.54) is 38.5 Å². The van der Waals surface area contributed by atoms with Crippen molar-refractivity contribution in [3.05, 3.63) is 12.7 Å². The van der Waals surface area contributed by atoms with Gasteiger partial charge in [0.15, 0.2) is 5.96 Å². The highest BCUT2D eigenvalue weighted by molar-refractivity contribution is 5.80. The van der Waals surface area contributed by atoms with Crippen LogP contribution in [0.3, 0.4) is 0 Å². The van der Waals surface area contributed by atoms with Crippen LogP contribution in [0.15, 0.2) is 17.6 Å². The van der Waals surface area contributed by atoms with E-state index in [-0.39, 0.29) is 0 Å². The Labute approximate surface area is 105 Å². The van der Waals surface area contributed by atoms with Gasteiger partial charge in [0.2, 0.25) is 0 Å². The monoisotopic (exact) mass is 235 g/mol. The zero-order valence-electron chi connectivity index (χ0n) is 10.9. The molecule has 3 nitrogen and oxygen atoms in total. The Balaban J connectivity index is 1.72. The van der Waals surface area contributed by atoms with Crippen molar-refractivity contribution in [3.8, 4) is 0 Å². The van der Waals surface area contributed by atoms with Crippen LogP contribution in [0, 0.1) is 11.8 Å². The first kappa shape index (κ1) is 12.5. The second-order valence-electron chi connectivity index (χ2n) is 5.29. The first-order valence-electron chi connectivity index (χ1n) is 6.93. The van der Waals surface area contributed by atoms with Crippen molar-refractivity contribution in [1.29, 1.82) is 0 Å². The standard InChI is InChI=1S/C14H25N3/c1-3-9-16-14(15-2)17-13-10-12(13)11-7-5-4-6-8-11/h3,11-13H,1,4-10H2,2H3,(H2,15,16,17). The van der Waals surface area contributed by atoms with Crippen LogP contribution in [-0.4, -0.2) is 25.6 Å². The lowest BCUT2D eigenvalue weighted by Crippen LogP contribution is -2.39. The molecule has 0 bridgehead atoms. The Hall–Kier alpha value is -0.990. The van der Waals surface area contributed by atoms with Gasteiger partial charge in [0.25, 0.3) is 0 Å². The molecule has 2 rings (SSSR count). The molecule has 2 unspecified atom stereocenters. The highest BCUT2D eigenvalue weighted by Crippen LogP contribution is 2.44. The molecule has 2 aliphatic carbocycles. The van der Waals surface area contributed by atoms with Gasteiger partial charge in [-0.1, -0.05) is 38.2 Å². The first-order chi connectivity index (χ1) is 8.35. The van der Waals surface area contributed by atoms with E-state index in [1.807, 2.05) is 13.1 Å². The molecule has 17 heavy (non-hydrogen) atoms. The van der Waals surface area contributed by atoms with Crippen LogP contribution in [0.2, 0.25) is 0 Å². The van der Waals surface area contributed by atoms with E-state index >= 15 is 0 Å². The van der Waals surface area contributed by atoms with Crippen LogP contribution >= 0.6 is 0 Å². The second-order valence-corrected chi connectivity index (χ2v) is 5.29. The van der Waals surface area contributed by atoms with Gasteiger partial charge in [0.05, 0.1) is 0 Å². The number of nitrogens with one attached hydrogen (secondary N) is 2. The summed E-state index contributed by atoms with van der Waals surface area (Å²) in [7, 11) is 1.83. The lowest BCUT2D eigenvalue weighted by Gasteiger charge is -2.22. The highest BCUT2D eigenvalue weighted by atomic mass is 15.2. The molecule has 2 aliphatic rings. The Morgan fingerprint density at radius 2 is 2.12 bits per heavy atom. The molecule has 0 radical (unpaired) electrons. The summed E-state index contributed by atoms with van der Waals surface area (Å²) >= 11 is 0. The molecule has 0 saturated heterocycles. The molecule has 2 atom stereocenters. The van der Waals surface area contributed by atoms with Gasteiger partial charge in [-0.3, -0.25) is 4.99 Å². The van der Waals surface area contributed by atoms with E-state index in [9.17, 15) is 0 Å². The molecule has 2 saturated carbocycles. The van der Waals surface area contributed by atoms with Crippen molar-refractivity contribution in [1.82, 2.24) is 10.6 Å². The van der Waals surface area contributed by atoms with Gasteiger partial charge >= 0.3 is 0 Å². The summed E-state index contributed by atoms with van der Waals surface area (Å²) in [6.45, 7) is 4.48. The summed E-state index contributed by atoms with van der Waals surface area (Å²) < 4.78 is 0. The molecule has 0 aliphatic heterocycles. The smallest absolute Gasteiger partial charge is 0.191 e. The molecular formula is C14H25N3. The van der Waals surface area contributed by atoms with Gasteiger partial charge in [-0.05, 0) is 18.3 Å². The molecule has 2 N–H and O–H groups in total. The molecular weight excluding hydrogens is 210 g/mol. The Morgan fingerprint density at radius 1 is 1.35 bits per heavy atom. The fraction of sp³-hybridized carbons (Fsp3) is 0.786. The maximum absolute atomic E-state index is 4.23. The van der Waals surface area contributed by atoms with Crippen molar-refractivity contribution >= 4 is 5.96 Å². The largest absolute Gasteiger partial charge is 0.353 e. The molecule has 0 spiro atoms. The molecule has 0 heterocycles. The topological polar surface area (TPSA) is 36.4 Å². The van der Waals surface area contributed by atoms with E-state index < -0.39 is 0 Å². The molecule has 0 aromatic carbocycles. The van der Waals surface area contributed by atoms with Crippen molar-refractivity contribution in [3.63, 3.8) is 0 Å². The van der Waals surface area contributed by atoms with Gasteiger partial charge in [-0.15, -0.1) is 6.58 Å². The normalized spacial score (nSPS) is 29.8. The molecule has 2 fully saturated rings. The van der Waals surface area contributed by atoms with Gasteiger partial charge in [-0.25, -0.2) is 0 Å². The van der Waals surface area contributed by atoms with Crippen molar-refractivity contribution in [2.75, 3.05) is 13.6 Å². The van der Waals surface area contributed by atoms with Gasteiger partial charge in [0, 0.05) is 19.6 Å². The summed E-state index contributed by atoms with van der Waals surface area (Å²) in [5.41, 5.74) is 0. The lowest BCUT2D eigenvalue weighted by atomic mass is 9.85. The third kappa shape index (κ3) is 3.48. The summed E-state index contributed by atoms with van der Waals surface area (Å²) in [5, 5.41) is 6.75. The maximum Gasteiger partial charge on any atom is 0.191 e. The number of aliphatic imine (C=N–C) groups is 1. The predicted molar refractivity (Wildman–Crippen MR) is 73.2 cm³/mol. The predicted octanol–water partition coefficient (Wildman–Crippen LogP) is 2.31. The molecule has 0 aromatic heterocycles. The van der Waals surface area contributed by atoms with Crippen molar-refractivity contribution in [2.24, 2.45) is 16.8 Å². The minimum Gasteiger partial charge on any atom is -0.353 e. The summed E-state index contributed by atoms with van der Waals surface area (Å²) in [6.07, 6.45) is 10.4. The summed E-state index contributed by atoms with van der Waals surface area (Å²) in [6, 6.07) is 0.661. The van der Waals surface area contributed by atoms with Crippen LogP contribution in [0.4, 0.5) is 0 Å². The number of nitrogens with zero attached hydrogens (tertiary/aromatic N) is 1. The third-order valence-corrected chi connectivity index (χ3v) is 4.05. The Kier molecular flexibility index (Phi) is 4.46. The van der Waals surface area contributed by atoms with Gasteiger partial charge in [0.1, 0.15) is 0 Å². The number of hydrogen-bond acceptors (Lipinski definition) is 1. The van der Waals surface area contributed by atoms with Crippen LogP contribution in [0.1, 0.15) is 38.5 Å². The highest BCUT2D eigenvalue weighted by Gasteiger charge is 2.43. The zero-order valence-corrected chi connectivity index (χ0v) is 10.9. The summed E-state index contributed by atoms with van der Waals surface area (Å²) in [5.74, 6) is 2.80. The molecule has 96 valence electrons. The lowest BCUT2D eigenvalue weighted by molar-refractivity contribution is 0.315. The van der Waals surface area contributed by atoms with Crippen molar-refractivity contribution in [2.45, 2.75) is 44.6 Å². The zero-order chi connectivity index (χ0) is 12.1. The number of rotatable bonds is 4. The quantitative estimate of drug-likeness (QED) is 0.446. The second kappa shape index (κ2) is 6.08. The Morgan fingerprint density at radius 3 is 2.76 bits per heavy atom. The average Bonchev–Trinajstić information content (AvgIpc) is 3.15. The van der Waals surface area contributed by atoms with Gasteiger partial charge < -0.3 is 10.6 Å². The minimum absolute atomic E-state index is 0.661. The minimum atomic E-state index is 0.661. The van der Waals surface area contributed by atoms with Crippen LogP contribution < -0.4 is 10.6 Å². The van der Waals surface area contributed by atoms with Gasteiger partial charge in [-0.2, -0.15) is 0 Å². The SMILES string of the molecule is C=CCNC(=NC)NC1CC1C1CCCCC1. The average molecular weight is 235 g/mol. The van der Waals surface area contributed by atoms with E-state index in [0.717, 1.165) is 24.3 Å². The Bertz CT molecular complexity index is 279. The fourth-order valence-corrected chi connectivity index (χ4v) is 3.00. The van der Waals surface area contributed by atoms with Crippen LogP contribution in [0.25, 0.3) is 0 Å². The fourth-order valence-electron chi connectivity index (χ4n) is 3.00. The van der Waals surface area contributed by atoms with Crippen LogP contribution in [-0.2, 0) is 0 Å². The van der Waals surface area contributed by atoms with E-state index in [1.54, 1.807) is 0 Å². The van der Waals surface area contributed by atoms with E-state index in [2.05, 4.69) is 22.2 Å². The first-order valence-corrected chi connectivity index (χ1v) is 6.93. The molecule has 3 heteroatoms. The van der Waals surface area contributed by atoms with Crippen molar-refractivity contribution < 1.29 is 0 Å². The van der Waals surface area contributed by atoms with Crippen LogP contribution in [0.5, 0.6) is 0 Å².